The van der Waals surface area contributed by atoms with E-state index in [0.717, 1.165) is 19.0 Å². The topological polar surface area (TPSA) is 47.1 Å². The van der Waals surface area contributed by atoms with Crippen molar-refractivity contribution in [1.29, 1.82) is 0 Å². The summed E-state index contributed by atoms with van der Waals surface area (Å²) in [6.07, 6.45) is 7.79. The molecule has 108 valence electrons. The molecule has 0 aliphatic carbocycles. The van der Waals surface area contributed by atoms with Crippen LogP contribution in [0.5, 0.6) is 0 Å². The summed E-state index contributed by atoms with van der Waals surface area (Å²) in [4.78, 5) is 6.84. The minimum absolute atomic E-state index is 0.474. The zero-order chi connectivity index (χ0) is 13.8. The second kappa shape index (κ2) is 6.53. The summed E-state index contributed by atoms with van der Waals surface area (Å²) in [6, 6.07) is 1.01. The minimum Gasteiger partial charge on any atom is -0.331 e. The van der Waals surface area contributed by atoms with Gasteiger partial charge in [0.25, 0.3) is 0 Å². The van der Waals surface area contributed by atoms with Crippen molar-refractivity contribution in [3.8, 4) is 0 Å². The summed E-state index contributed by atoms with van der Waals surface area (Å²) in [6.45, 7) is 9.62. The van der Waals surface area contributed by atoms with Gasteiger partial charge in [-0.2, -0.15) is 0 Å². The van der Waals surface area contributed by atoms with Gasteiger partial charge in [0.1, 0.15) is 0 Å². The van der Waals surface area contributed by atoms with E-state index < -0.39 is 0 Å². The standard InChI is InChI=1S/C15H28N4/c1-4-13-5-6-18(14(7-13)8-16)10-15-9-17-11-19(15)12(2)3/h9,11-14H,4-8,10,16H2,1-3H3. The van der Waals surface area contributed by atoms with Gasteiger partial charge < -0.3 is 10.3 Å². The highest BCUT2D eigenvalue weighted by molar-refractivity contribution is 5.01. The molecule has 1 fully saturated rings. The maximum atomic E-state index is 5.97. The molecule has 2 atom stereocenters. The van der Waals surface area contributed by atoms with E-state index in [4.69, 9.17) is 5.73 Å². The smallest absolute Gasteiger partial charge is 0.0951 e. The van der Waals surface area contributed by atoms with E-state index in [9.17, 15) is 0 Å². The van der Waals surface area contributed by atoms with Crippen molar-refractivity contribution < 1.29 is 0 Å². The van der Waals surface area contributed by atoms with E-state index in [-0.39, 0.29) is 0 Å². The van der Waals surface area contributed by atoms with Crippen molar-refractivity contribution in [2.75, 3.05) is 13.1 Å². The summed E-state index contributed by atoms with van der Waals surface area (Å²) in [5.74, 6) is 0.861. The highest BCUT2D eigenvalue weighted by Gasteiger charge is 2.27. The molecule has 1 saturated heterocycles. The Hall–Kier alpha value is -0.870. The molecule has 4 heteroatoms. The van der Waals surface area contributed by atoms with E-state index >= 15 is 0 Å². The normalized spacial score (nSPS) is 25.1. The Labute approximate surface area is 117 Å². The van der Waals surface area contributed by atoms with Crippen molar-refractivity contribution in [1.82, 2.24) is 14.5 Å². The number of nitrogens with zero attached hydrogens (tertiary/aromatic N) is 3. The van der Waals surface area contributed by atoms with Gasteiger partial charge in [-0.15, -0.1) is 0 Å². The molecule has 0 bridgehead atoms. The first kappa shape index (κ1) is 14.5. The molecule has 2 unspecified atom stereocenters. The highest BCUT2D eigenvalue weighted by atomic mass is 15.2. The first-order chi connectivity index (χ1) is 9.15. The van der Waals surface area contributed by atoms with Crippen LogP contribution < -0.4 is 5.73 Å². The van der Waals surface area contributed by atoms with Crippen LogP contribution in [-0.4, -0.2) is 33.6 Å². The summed E-state index contributed by atoms with van der Waals surface area (Å²) in [5, 5.41) is 0. The van der Waals surface area contributed by atoms with Crippen LogP contribution in [0.2, 0.25) is 0 Å². The second-order valence-electron chi connectivity index (χ2n) is 6.04. The van der Waals surface area contributed by atoms with Crippen molar-refractivity contribution >= 4 is 0 Å². The van der Waals surface area contributed by atoms with Gasteiger partial charge in [-0.1, -0.05) is 13.3 Å². The summed E-state index contributed by atoms with van der Waals surface area (Å²) < 4.78 is 2.26. The van der Waals surface area contributed by atoms with Gasteiger partial charge in [-0.25, -0.2) is 4.98 Å². The third kappa shape index (κ3) is 3.37. The Balaban J connectivity index is 2.03. The molecule has 1 aliphatic rings. The van der Waals surface area contributed by atoms with Crippen LogP contribution in [-0.2, 0) is 6.54 Å². The Kier molecular flexibility index (Phi) is 4.99. The average Bonchev–Trinajstić information content (AvgIpc) is 2.87. The van der Waals surface area contributed by atoms with Crippen LogP contribution in [0.3, 0.4) is 0 Å². The zero-order valence-corrected chi connectivity index (χ0v) is 12.5. The lowest BCUT2D eigenvalue weighted by molar-refractivity contribution is 0.104. The van der Waals surface area contributed by atoms with Crippen LogP contribution >= 0.6 is 0 Å². The quantitative estimate of drug-likeness (QED) is 0.888. The summed E-state index contributed by atoms with van der Waals surface area (Å²) in [5.41, 5.74) is 7.28. The molecular formula is C15H28N4. The van der Waals surface area contributed by atoms with Gasteiger partial charge in [0.15, 0.2) is 0 Å². The van der Waals surface area contributed by atoms with E-state index in [2.05, 4.69) is 35.2 Å². The molecule has 1 aromatic heterocycles. The Morgan fingerprint density at radius 1 is 1.47 bits per heavy atom. The third-order valence-electron chi connectivity index (χ3n) is 4.46. The van der Waals surface area contributed by atoms with Crippen LogP contribution in [0.15, 0.2) is 12.5 Å². The maximum Gasteiger partial charge on any atom is 0.0951 e. The molecule has 19 heavy (non-hydrogen) atoms. The first-order valence-electron chi connectivity index (χ1n) is 7.60. The Morgan fingerprint density at radius 2 is 2.26 bits per heavy atom. The minimum atomic E-state index is 0.474. The lowest BCUT2D eigenvalue weighted by Crippen LogP contribution is -2.46. The Bertz CT molecular complexity index is 385. The fourth-order valence-corrected chi connectivity index (χ4v) is 3.13. The van der Waals surface area contributed by atoms with Crippen LogP contribution in [0.25, 0.3) is 0 Å². The summed E-state index contributed by atoms with van der Waals surface area (Å²) in [7, 11) is 0. The number of aromatic nitrogens is 2. The van der Waals surface area contributed by atoms with Crippen molar-refractivity contribution in [3.05, 3.63) is 18.2 Å². The van der Waals surface area contributed by atoms with Gasteiger partial charge in [-0.05, 0) is 39.2 Å². The fourth-order valence-electron chi connectivity index (χ4n) is 3.13. The number of hydrogen-bond donors (Lipinski definition) is 1. The zero-order valence-electron chi connectivity index (χ0n) is 12.5. The molecule has 2 heterocycles. The SMILES string of the molecule is CCC1CCN(Cc2cncn2C(C)C)C(CN)C1. The number of imidazole rings is 1. The van der Waals surface area contributed by atoms with Gasteiger partial charge in [-0.3, -0.25) is 4.90 Å². The second-order valence-corrected chi connectivity index (χ2v) is 6.04. The van der Waals surface area contributed by atoms with Gasteiger partial charge in [0.05, 0.1) is 12.0 Å². The first-order valence-corrected chi connectivity index (χ1v) is 7.60. The highest BCUT2D eigenvalue weighted by Crippen LogP contribution is 2.26. The number of piperidine rings is 1. The van der Waals surface area contributed by atoms with E-state index in [1.807, 2.05) is 12.5 Å². The van der Waals surface area contributed by atoms with Crippen LogP contribution in [0, 0.1) is 5.92 Å². The molecule has 2 N–H and O–H groups in total. The van der Waals surface area contributed by atoms with E-state index in [0.29, 0.717) is 12.1 Å². The predicted molar refractivity (Wildman–Crippen MR) is 78.9 cm³/mol. The molecule has 0 saturated carbocycles. The van der Waals surface area contributed by atoms with Gasteiger partial charge in [0, 0.05) is 31.4 Å². The molecule has 2 rings (SSSR count). The van der Waals surface area contributed by atoms with Crippen molar-refractivity contribution in [2.24, 2.45) is 11.7 Å². The third-order valence-corrected chi connectivity index (χ3v) is 4.46. The fraction of sp³-hybridized carbons (Fsp3) is 0.800. The lowest BCUT2D eigenvalue weighted by atomic mass is 9.89. The van der Waals surface area contributed by atoms with Gasteiger partial charge in [0.2, 0.25) is 0 Å². The molecule has 0 spiro atoms. The Morgan fingerprint density at radius 3 is 2.89 bits per heavy atom. The molecular weight excluding hydrogens is 236 g/mol. The molecule has 0 aromatic carbocycles. The molecule has 0 radical (unpaired) electrons. The molecule has 1 aliphatic heterocycles. The van der Waals surface area contributed by atoms with Crippen LogP contribution in [0.4, 0.5) is 0 Å². The number of likely N-dealkylation sites (tertiary alicyclic amines) is 1. The average molecular weight is 264 g/mol. The number of hydrogen-bond acceptors (Lipinski definition) is 3. The monoisotopic (exact) mass is 264 g/mol. The van der Waals surface area contributed by atoms with Crippen molar-refractivity contribution in [3.63, 3.8) is 0 Å². The van der Waals surface area contributed by atoms with Gasteiger partial charge >= 0.3 is 0 Å². The van der Waals surface area contributed by atoms with E-state index in [1.165, 1.54) is 31.5 Å². The molecule has 4 nitrogen and oxygen atoms in total. The number of nitrogens with two attached hydrogens (primary N) is 1. The largest absolute Gasteiger partial charge is 0.331 e. The van der Waals surface area contributed by atoms with Crippen molar-refractivity contribution in [2.45, 2.75) is 58.7 Å². The molecule has 0 amide bonds. The summed E-state index contributed by atoms with van der Waals surface area (Å²) >= 11 is 0. The van der Waals surface area contributed by atoms with E-state index in [1.54, 1.807) is 0 Å². The predicted octanol–water partition coefficient (Wildman–Crippen LogP) is 2.41. The lowest BCUT2D eigenvalue weighted by Gasteiger charge is -2.39. The maximum absolute atomic E-state index is 5.97. The number of rotatable bonds is 5. The molecule has 1 aromatic rings. The van der Waals surface area contributed by atoms with Crippen LogP contribution in [0.1, 0.15) is 51.8 Å².